The molecule has 0 saturated carbocycles. The van der Waals surface area contributed by atoms with Crippen molar-refractivity contribution in [1.82, 2.24) is 4.90 Å². The smallest absolute Gasteiger partial charge is 0.223 e. The number of carbonyl (C=O) groups excluding carboxylic acids is 1. The lowest BCUT2D eigenvalue weighted by atomic mass is 10.0. The van der Waals surface area contributed by atoms with E-state index in [0.29, 0.717) is 31.0 Å². The molecule has 1 heterocycles. The number of amides is 1. The van der Waals surface area contributed by atoms with Gasteiger partial charge in [-0.25, -0.2) is 0 Å². The van der Waals surface area contributed by atoms with Crippen LogP contribution >= 0.6 is 0 Å². The van der Waals surface area contributed by atoms with Crippen molar-refractivity contribution in [2.75, 3.05) is 13.1 Å². The number of rotatable bonds is 4. The Bertz CT molecular complexity index is 580. The number of benzene rings is 1. The van der Waals surface area contributed by atoms with Gasteiger partial charge in [-0.05, 0) is 43.0 Å². The number of hydrogen-bond acceptors (Lipinski definition) is 3. The summed E-state index contributed by atoms with van der Waals surface area (Å²) >= 11 is 0. The van der Waals surface area contributed by atoms with E-state index in [0.717, 1.165) is 18.6 Å². The summed E-state index contributed by atoms with van der Waals surface area (Å²) in [4.78, 5) is 13.9. The van der Waals surface area contributed by atoms with Crippen molar-refractivity contribution in [2.45, 2.75) is 25.4 Å². The molecule has 108 valence electrons. The van der Waals surface area contributed by atoms with Crippen LogP contribution in [0.1, 0.15) is 24.8 Å². The van der Waals surface area contributed by atoms with Crippen molar-refractivity contribution in [3.05, 3.63) is 42.0 Å². The van der Waals surface area contributed by atoms with Crippen LogP contribution < -0.4 is 4.74 Å². The molecule has 1 fully saturated rings. The Kier molecular flexibility index (Phi) is 3.92. The normalized spacial score (nSPS) is 20.9. The van der Waals surface area contributed by atoms with Gasteiger partial charge in [0.15, 0.2) is 0 Å². The molecule has 0 radical (unpaired) electrons. The summed E-state index contributed by atoms with van der Waals surface area (Å²) in [6, 6.07) is 9.15. The van der Waals surface area contributed by atoms with Crippen molar-refractivity contribution in [1.29, 1.82) is 5.26 Å². The first-order valence-electron chi connectivity index (χ1n) is 7.36. The highest BCUT2D eigenvalue weighted by molar-refractivity contribution is 5.77. The SMILES string of the molecule is N#Cc1ccc(OC2CN(C(=O)CC3C=CCC3)C2)cc1. The van der Waals surface area contributed by atoms with Crippen molar-refractivity contribution < 1.29 is 9.53 Å². The second kappa shape index (κ2) is 6.01. The van der Waals surface area contributed by atoms with Crippen LogP contribution in [0.5, 0.6) is 5.75 Å². The second-order valence-electron chi connectivity index (χ2n) is 5.64. The fourth-order valence-corrected chi connectivity index (χ4v) is 2.74. The summed E-state index contributed by atoms with van der Waals surface area (Å²) in [6.07, 6.45) is 7.21. The van der Waals surface area contributed by atoms with Gasteiger partial charge in [0.1, 0.15) is 11.9 Å². The van der Waals surface area contributed by atoms with E-state index in [1.165, 1.54) is 0 Å². The fraction of sp³-hybridized carbons (Fsp3) is 0.412. The fourth-order valence-electron chi connectivity index (χ4n) is 2.74. The van der Waals surface area contributed by atoms with E-state index in [2.05, 4.69) is 18.2 Å². The quantitative estimate of drug-likeness (QED) is 0.797. The third-order valence-corrected chi connectivity index (χ3v) is 4.04. The van der Waals surface area contributed by atoms with Gasteiger partial charge in [0.05, 0.1) is 24.7 Å². The van der Waals surface area contributed by atoms with Gasteiger partial charge < -0.3 is 9.64 Å². The Balaban J connectivity index is 1.43. The van der Waals surface area contributed by atoms with Gasteiger partial charge in [0.2, 0.25) is 5.91 Å². The van der Waals surface area contributed by atoms with Crippen LogP contribution in [0, 0.1) is 17.2 Å². The molecule has 1 unspecified atom stereocenters. The third-order valence-electron chi connectivity index (χ3n) is 4.04. The molecule has 1 aromatic carbocycles. The summed E-state index contributed by atoms with van der Waals surface area (Å²) in [5, 5.41) is 8.74. The van der Waals surface area contributed by atoms with Crippen LogP contribution in [0.15, 0.2) is 36.4 Å². The van der Waals surface area contributed by atoms with Crippen LogP contribution in [-0.2, 0) is 4.79 Å². The Morgan fingerprint density at radius 1 is 1.33 bits per heavy atom. The number of allylic oxidation sites excluding steroid dienone is 2. The average molecular weight is 282 g/mol. The molecule has 1 aliphatic carbocycles. The highest BCUT2D eigenvalue weighted by Gasteiger charge is 2.32. The van der Waals surface area contributed by atoms with E-state index in [1.807, 2.05) is 4.90 Å². The molecule has 21 heavy (non-hydrogen) atoms. The third kappa shape index (κ3) is 3.25. The molecule has 4 nitrogen and oxygen atoms in total. The lowest BCUT2D eigenvalue weighted by Crippen LogP contribution is -2.56. The summed E-state index contributed by atoms with van der Waals surface area (Å²) < 4.78 is 5.78. The van der Waals surface area contributed by atoms with Crippen LogP contribution in [0.25, 0.3) is 0 Å². The number of nitriles is 1. The Morgan fingerprint density at radius 2 is 2.10 bits per heavy atom. The first kappa shape index (κ1) is 13.7. The first-order chi connectivity index (χ1) is 10.2. The van der Waals surface area contributed by atoms with Crippen molar-refractivity contribution in [2.24, 2.45) is 5.92 Å². The summed E-state index contributed by atoms with van der Waals surface area (Å²) in [6.45, 7) is 1.32. The molecule has 1 atom stereocenters. The molecule has 1 saturated heterocycles. The molecule has 0 aromatic heterocycles. The topological polar surface area (TPSA) is 53.3 Å². The number of nitrogens with zero attached hydrogens (tertiary/aromatic N) is 2. The van der Waals surface area contributed by atoms with E-state index in [4.69, 9.17) is 10.00 Å². The monoisotopic (exact) mass is 282 g/mol. The minimum absolute atomic E-state index is 0.0704. The van der Waals surface area contributed by atoms with E-state index in [-0.39, 0.29) is 12.0 Å². The molecule has 0 bridgehead atoms. The van der Waals surface area contributed by atoms with Gasteiger partial charge in [0.25, 0.3) is 0 Å². The molecule has 1 aliphatic heterocycles. The van der Waals surface area contributed by atoms with E-state index in [1.54, 1.807) is 24.3 Å². The zero-order valence-corrected chi connectivity index (χ0v) is 11.9. The van der Waals surface area contributed by atoms with Gasteiger partial charge >= 0.3 is 0 Å². The molecule has 2 aliphatic rings. The molecule has 3 rings (SSSR count). The maximum atomic E-state index is 12.1. The van der Waals surface area contributed by atoms with Crippen LogP contribution in [-0.4, -0.2) is 30.0 Å². The highest BCUT2D eigenvalue weighted by atomic mass is 16.5. The zero-order chi connectivity index (χ0) is 14.7. The summed E-state index contributed by atoms with van der Waals surface area (Å²) in [5.74, 6) is 1.41. The lowest BCUT2D eigenvalue weighted by Gasteiger charge is -2.39. The lowest BCUT2D eigenvalue weighted by molar-refractivity contribution is -0.140. The maximum absolute atomic E-state index is 12.1. The summed E-state index contributed by atoms with van der Waals surface area (Å²) in [7, 11) is 0. The molecule has 0 spiro atoms. The molecule has 1 amide bonds. The number of hydrogen-bond donors (Lipinski definition) is 0. The number of carbonyl (C=O) groups is 1. The van der Waals surface area contributed by atoms with Crippen LogP contribution in [0.2, 0.25) is 0 Å². The minimum atomic E-state index is 0.0704. The maximum Gasteiger partial charge on any atom is 0.223 e. The summed E-state index contributed by atoms with van der Waals surface area (Å²) in [5.41, 5.74) is 0.623. The van der Waals surface area contributed by atoms with E-state index in [9.17, 15) is 4.79 Å². The second-order valence-corrected chi connectivity index (χ2v) is 5.64. The first-order valence-corrected chi connectivity index (χ1v) is 7.36. The van der Waals surface area contributed by atoms with Crippen molar-refractivity contribution in [3.63, 3.8) is 0 Å². The predicted octanol–water partition coefficient (Wildman–Crippen LogP) is 2.50. The number of likely N-dealkylation sites (tertiary alicyclic amines) is 1. The molecule has 4 heteroatoms. The minimum Gasteiger partial charge on any atom is -0.487 e. The van der Waals surface area contributed by atoms with Gasteiger partial charge in [-0.15, -0.1) is 0 Å². The van der Waals surface area contributed by atoms with Crippen molar-refractivity contribution >= 4 is 5.91 Å². The van der Waals surface area contributed by atoms with Gasteiger partial charge in [-0.3, -0.25) is 4.79 Å². The standard InChI is InChI=1S/C17H18N2O2/c18-10-14-5-7-15(8-6-14)21-16-11-19(12-16)17(20)9-13-3-1-2-4-13/h1,3,5-8,13,16H,2,4,9,11-12H2. The molecular formula is C17H18N2O2. The van der Waals surface area contributed by atoms with Crippen LogP contribution in [0.4, 0.5) is 0 Å². The molecule has 0 N–H and O–H groups in total. The highest BCUT2D eigenvalue weighted by Crippen LogP contribution is 2.24. The average Bonchev–Trinajstić information content (AvgIpc) is 2.95. The van der Waals surface area contributed by atoms with Gasteiger partial charge in [-0.1, -0.05) is 12.2 Å². The van der Waals surface area contributed by atoms with E-state index < -0.39 is 0 Å². The number of ether oxygens (including phenoxy) is 1. The Morgan fingerprint density at radius 3 is 2.71 bits per heavy atom. The van der Waals surface area contributed by atoms with Gasteiger partial charge in [0, 0.05) is 6.42 Å². The Hall–Kier alpha value is -2.28. The Labute approximate surface area is 124 Å². The van der Waals surface area contributed by atoms with Crippen molar-refractivity contribution in [3.8, 4) is 11.8 Å². The molecular weight excluding hydrogens is 264 g/mol. The zero-order valence-electron chi connectivity index (χ0n) is 11.9. The largest absolute Gasteiger partial charge is 0.487 e. The predicted molar refractivity (Wildman–Crippen MR) is 78.6 cm³/mol. The molecule has 1 aromatic rings. The van der Waals surface area contributed by atoms with Crippen LogP contribution in [0.3, 0.4) is 0 Å². The van der Waals surface area contributed by atoms with E-state index >= 15 is 0 Å². The van der Waals surface area contributed by atoms with Gasteiger partial charge in [-0.2, -0.15) is 5.26 Å².